The molecule has 9 heteroatoms. The summed E-state index contributed by atoms with van der Waals surface area (Å²) in [5, 5.41) is 3.88. The SMILES string of the molecule is COc1cc2ncnc(Nc3ccc(F)c(Cl)c3)c2cc1OC1CCCN(C(C)=O)C1. The molecule has 31 heavy (non-hydrogen) atoms. The van der Waals surface area contributed by atoms with Crippen LogP contribution in [0, 0.1) is 5.82 Å². The molecule has 0 saturated carbocycles. The number of methoxy groups -OCH3 is 1. The Balaban J connectivity index is 1.66. The average Bonchev–Trinajstić information content (AvgIpc) is 2.76. The number of carbonyl (C=O) groups excluding carboxylic acids is 1. The van der Waals surface area contributed by atoms with Gasteiger partial charge in [0.25, 0.3) is 0 Å². The molecule has 2 aromatic carbocycles. The molecule has 1 unspecified atom stereocenters. The van der Waals surface area contributed by atoms with E-state index in [-0.39, 0.29) is 17.0 Å². The Kier molecular flexibility index (Phi) is 6.08. The highest BCUT2D eigenvalue weighted by Crippen LogP contribution is 2.36. The van der Waals surface area contributed by atoms with Gasteiger partial charge >= 0.3 is 0 Å². The summed E-state index contributed by atoms with van der Waals surface area (Å²) in [6.07, 6.45) is 3.01. The van der Waals surface area contributed by atoms with Crippen molar-refractivity contribution in [2.45, 2.75) is 25.9 Å². The van der Waals surface area contributed by atoms with Crippen LogP contribution in [0.2, 0.25) is 5.02 Å². The Morgan fingerprint density at radius 1 is 1.26 bits per heavy atom. The number of anilines is 2. The van der Waals surface area contributed by atoms with Crippen molar-refractivity contribution in [3.63, 3.8) is 0 Å². The second kappa shape index (κ2) is 8.93. The molecule has 1 fully saturated rings. The van der Waals surface area contributed by atoms with Gasteiger partial charge in [-0.15, -0.1) is 0 Å². The number of aromatic nitrogens is 2. The molecular formula is C22H22ClFN4O3. The molecule has 1 atom stereocenters. The summed E-state index contributed by atoms with van der Waals surface area (Å²) in [4.78, 5) is 22.2. The van der Waals surface area contributed by atoms with Crippen LogP contribution in [0.15, 0.2) is 36.7 Å². The number of rotatable bonds is 5. The van der Waals surface area contributed by atoms with Gasteiger partial charge in [0.1, 0.15) is 24.1 Å². The summed E-state index contributed by atoms with van der Waals surface area (Å²) >= 11 is 5.89. The highest BCUT2D eigenvalue weighted by atomic mass is 35.5. The fourth-order valence-electron chi connectivity index (χ4n) is 3.63. The topological polar surface area (TPSA) is 76.6 Å². The van der Waals surface area contributed by atoms with Gasteiger partial charge in [-0.25, -0.2) is 14.4 Å². The van der Waals surface area contributed by atoms with Gasteiger partial charge in [0, 0.05) is 30.6 Å². The van der Waals surface area contributed by atoms with Crippen molar-refractivity contribution in [2.75, 3.05) is 25.5 Å². The number of hydrogen-bond acceptors (Lipinski definition) is 6. The Morgan fingerprint density at radius 2 is 2.10 bits per heavy atom. The van der Waals surface area contributed by atoms with Gasteiger partial charge in [-0.2, -0.15) is 0 Å². The quantitative estimate of drug-likeness (QED) is 0.621. The predicted octanol–water partition coefficient (Wildman–Crippen LogP) is 4.56. The number of piperidine rings is 1. The van der Waals surface area contributed by atoms with Crippen LogP contribution in [0.4, 0.5) is 15.9 Å². The number of benzene rings is 2. The normalized spacial score (nSPS) is 16.3. The molecule has 3 aromatic rings. The lowest BCUT2D eigenvalue weighted by molar-refractivity contribution is -0.131. The van der Waals surface area contributed by atoms with Crippen LogP contribution >= 0.6 is 11.6 Å². The Hall–Kier alpha value is -3.13. The maximum absolute atomic E-state index is 13.5. The Bertz CT molecular complexity index is 1130. The molecule has 7 nitrogen and oxygen atoms in total. The minimum atomic E-state index is -0.493. The molecule has 1 amide bonds. The Labute approximate surface area is 184 Å². The van der Waals surface area contributed by atoms with E-state index in [0.29, 0.717) is 40.5 Å². The van der Waals surface area contributed by atoms with E-state index in [1.165, 1.54) is 18.5 Å². The summed E-state index contributed by atoms with van der Waals surface area (Å²) in [6, 6.07) is 7.95. The first-order valence-corrected chi connectivity index (χ1v) is 10.3. The Morgan fingerprint density at radius 3 is 2.84 bits per heavy atom. The maximum atomic E-state index is 13.5. The second-order valence-corrected chi connectivity index (χ2v) is 7.75. The highest BCUT2D eigenvalue weighted by molar-refractivity contribution is 6.31. The van der Waals surface area contributed by atoms with Gasteiger partial charge in [0.15, 0.2) is 11.5 Å². The third kappa shape index (κ3) is 4.64. The van der Waals surface area contributed by atoms with Crippen LogP contribution < -0.4 is 14.8 Å². The number of likely N-dealkylation sites (tertiary alicyclic amines) is 1. The van der Waals surface area contributed by atoms with Crippen molar-refractivity contribution < 1.29 is 18.7 Å². The number of ether oxygens (including phenoxy) is 2. The first-order valence-electron chi connectivity index (χ1n) is 9.91. The lowest BCUT2D eigenvalue weighted by Gasteiger charge is -2.32. The fraction of sp³-hybridized carbons (Fsp3) is 0.318. The van der Waals surface area contributed by atoms with Crippen LogP contribution in [0.5, 0.6) is 11.5 Å². The molecule has 1 aliphatic heterocycles. The van der Waals surface area contributed by atoms with Crippen molar-refractivity contribution >= 4 is 39.9 Å². The van der Waals surface area contributed by atoms with Gasteiger partial charge in [-0.05, 0) is 37.1 Å². The van der Waals surface area contributed by atoms with Crippen LogP contribution in [-0.4, -0.2) is 47.1 Å². The smallest absolute Gasteiger partial charge is 0.219 e. The zero-order chi connectivity index (χ0) is 22.0. The molecule has 1 aromatic heterocycles. The predicted molar refractivity (Wildman–Crippen MR) is 117 cm³/mol. The molecule has 1 N–H and O–H groups in total. The van der Waals surface area contributed by atoms with Gasteiger partial charge in [0.05, 0.1) is 24.2 Å². The largest absolute Gasteiger partial charge is 0.493 e. The first-order chi connectivity index (χ1) is 14.9. The van der Waals surface area contributed by atoms with E-state index in [1.54, 1.807) is 31.1 Å². The summed E-state index contributed by atoms with van der Waals surface area (Å²) in [5.41, 5.74) is 1.25. The third-order valence-corrected chi connectivity index (χ3v) is 5.51. The molecule has 0 aliphatic carbocycles. The van der Waals surface area contributed by atoms with E-state index in [2.05, 4.69) is 15.3 Å². The molecule has 0 radical (unpaired) electrons. The number of nitrogens with zero attached hydrogens (tertiary/aromatic N) is 3. The van der Waals surface area contributed by atoms with E-state index in [9.17, 15) is 9.18 Å². The van der Waals surface area contributed by atoms with E-state index in [0.717, 1.165) is 19.4 Å². The fourth-order valence-corrected chi connectivity index (χ4v) is 3.81. The van der Waals surface area contributed by atoms with Crippen molar-refractivity contribution in [3.8, 4) is 11.5 Å². The second-order valence-electron chi connectivity index (χ2n) is 7.34. The monoisotopic (exact) mass is 444 g/mol. The zero-order valence-corrected chi connectivity index (χ0v) is 17.9. The standard InChI is InChI=1S/C22H22ClFN4O3/c1-13(29)28-7-3-4-15(11-28)31-21-9-16-19(10-20(21)30-2)25-12-26-22(16)27-14-5-6-18(24)17(23)8-14/h5-6,8-10,12,15H,3-4,7,11H2,1-2H3,(H,25,26,27). The molecule has 1 saturated heterocycles. The summed E-state index contributed by atoms with van der Waals surface area (Å²) in [6.45, 7) is 2.84. The number of carbonyl (C=O) groups is 1. The highest BCUT2D eigenvalue weighted by Gasteiger charge is 2.24. The molecule has 0 spiro atoms. The van der Waals surface area contributed by atoms with Gasteiger partial charge in [-0.3, -0.25) is 4.79 Å². The first kappa shape index (κ1) is 21.1. The van der Waals surface area contributed by atoms with Crippen LogP contribution in [0.1, 0.15) is 19.8 Å². The van der Waals surface area contributed by atoms with Crippen molar-refractivity contribution in [1.29, 1.82) is 0 Å². The van der Waals surface area contributed by atoms with Crippen LogP contribution in [0.3, 0.4) is 0 Å². The minimum Gasteiger partial charge on any atom is -0.493 e. The lowest BCUT2D eigenvalue weighted by atomic mass is 10.1. The number of hydrogen-bond donors (Lipinski definition) is 1. The summed E-state index contributed by atoms with van der Waals surface area (Å²) in [5.74, 6) is 1.15. The summed E-state index contributed by atoms with van der Waals surface area (Å²) in [7, 11) is 1.57. The van der Waals surface area contributed by atoms with Crippen LogP contribution in [0.25, 0.3) is 10.9 Å². The van der Waals surface area contributed by atoms with Gasteiger partial charge in [0.2, 0.25) is 5.91 Å². The minimum absolute atomic E-state index is 0.0152. The van der Waals surface area contributed by atoms with E-state index < -0.39 is 5.82 Å². The van der Waals surface area contributed by atoms with E-state index in [1.807, 2.05) is 6.07 Å². The van der Waals surface area contributed by atoms with E-state index in [4.69, 9.17) is 21.1 Å². The van der Waals surface area contributed by atoms with Gasteiger partial charge in [-0.1, -0.05) is 11.6 Å². The maximum Gasteiger partial charge on any atom is 0.219 e. The number of amides is 1. The average molecular weight is 445 g/mol. The van der Waals surface area contributed by atoms with Gasteiger partial charge < -0.3 is 19.7 Å². The number of fused-ring (bicyclic) bond motifs is 1. The van der Waals surface area contributed by atoms with E-state index >= 15 is 0 Å². The number of halogens is 2. The van der Waals surface area contributed by atoms with Crippen molar-refractivity contribution in [3.05, 3.63) is 47.5 Å². The molecule has 4 rings (SSSR count). The summed E-state index contributed by atoms with van der Waals surface area (Å²) < 4.78 is 25.2. The third-order valence-electron chi connectivity index (χ3n) is 5.22. The molecule has 162 valence electrons. The molecular weight excluding hydrogens is 423 g/mol. The molecule has 2 heterocycles. The van der Waals surface area contributed by atoms with Crippen molar-refractivity contribution in [2.24, 2.45) is 0 Å². The van der Waals surface area contributed by atoms with Crippen molar-refractivity contribution in [1.82, 2.24) is 14.9 Å². The number of nitrogens with one attached hydrogen (secondary N) is 1. The van der Waals surface area contributed by atoms with Crippen LogP contribution in [-0.2, 0) is 4.79 Å². The molecule has 1 aliphatic rings. The lowest BCUT2D eigenvalue weighted by Crippen LogP contribution is -2.43. The molecule has 0 bridgehead atoms. The zero-order valence-electron chi connectivity index (χ0n) is 17.2.